The van der Waals surface area contributed by atoms with E-state index in [4.69, 9.17) is 0 Å². The average molecular weight is 377 g/mol. The summed E-state index contributed by atoms with van der Waals surface area (Å²) in [6.45, 7) is 0. The predicted molar refractivity (Wildman–Crippen MR) is 104 cm³/mol. The van der Waals surface area contributed by atoms with E-state index in [0.717, 1.165) is 11.3 Å². The summed E-state index contributed by atoms with van der Waals surface area (Å²) in [4.78, 5) is 24.7. The maximum atomic E-state index is 13.0. The van der Waals surface area contributed by atoms with Crippen molar-refractivity contribution in [2.24, 2.45) is 5.10 Å². The van der Waals surface area contributed by atoms with E-state index in [1.54, 1.807) is 30.3 Å². The molecule has 7 heteroatoms. The van der Waals surface area contributed by atoms with Gasteiger partial charge in [0.05, 0.1) is 27.1 Å². The summed E-state index contributed by atoms with van der Waals surface area (Å²) in [7, 11) is 0. The molecule has 27 heavy (non-hydrogen) atoms. The van der Waals surface area contributed by atoms with E-state index >= 15 is 0 Å². The van der Waals surface area contributed by atoms with Gasteiger partial charge in [0.15, 0.2) is 0 Å². The van der Waals surface area contributed by atoms with Crippen LogP contribution in [-0.4, -0.2) is 21.6 Å². The minimum Gasteiger partial charge on any atom is -0.266 e. The first kappa shape index (κ1) is 17.1. The standard InChI is InChI=1S/C20H15N3O3S/c24-20(19-11-6-12-27-19)22-18(15-9-4-5-10-17(15)23(25)26)13-16(21-22)14-7-2-1-3-8-14/h1-12,18H,13H2/t18-/m0/s1. The van der Waals surface area contributed by atoms with Gasteiger partial charge in [-0.15, -0.1) is 11.3 Å². The number of carbonyl (C=O) groups is 1. The Kier molecular flexibility index (Phi) is 4.52. The van der Waals surface area contributed by atoms with Crippen LogP contribution in [-0.2, 0) is 0 Å². The number of thiophene rings is 1. The van der Waals surface area contributed by atoms with Crippen molar-refractivity contribution in [2.75, 3.05) is 0 Å². The van der Waals surface area contributed by atoms with Gasteiger partial charge in [0, 0.05) is 12.5 Å². The van der Waals surface area contributed by atoms with Gasteiger partial charge in [0.1, 0.15) is 0 Å². The third-order valence-electron chi connectivity index (χ3n) is 4.45. The Hall–Kier alpha value is -3.32. The van der Waals surface area contributed by atoms with Gasteiger partial charge in [-0.1, -0.05) is 48.5 Å². The Labute approximate surface area is 159 Å². The Morgan fingerprint density at radius 2 is 1.81 bits per heavy atom. The monoisotopic (exact) mass is 377 g/mol. The highest BCUT2D eigenvalue weighted by Crippen LogP contribution is 2.38. The van der Waals surface area contributed by atoms with E-state index in [1.807, 2.05) is 35.7 Å². The third-order valence-corrected chi connectivity index (χ3v) is 5.31. The number of nitro benzene ring substituents is 1. The van der Waals surface area contributed by atoms with Gasteiger partial charge in [-0.25, -0.2) is 5.01 Å². The highest BCUT2D eigenvalue weighted by atomic mass is 32.1. The number of hydrogen-bond donors (Lipinski definition) is 0. The first-order valence-corrected chi connectivity index (χ1v) is 9.26. The molecule has 134 valence electrons. The Morgan fingerprint density at radius 3 is 2.52 bits per heavy atom. The van der Waals surface area contributed by atoms with Crippen LogP contribution in [0, 0.1) is 10.1 Å². The molecule has 3 aromatic rings. The van der Waals surface area contributed by atoms with Crippen LogP contribution in [0.2, 0.25) is 0 Å². The highest BCUT2D eigenvalue weighted by molar-refractivity contribution is 7.12. The topological polar surface area (TPSA) is 75.8 Å². The van der Waals surface area contributed by atoms with E-state index in [9.17, 15) is 14.9 Å². The molecule has 2 heterocycles. The van der Waals surface area contributed by atoms with Crippen LogP contribution in [0.3, 0.4) is 0 Å². The van der Waals surface area contributed by atoms with Crippen molar-refractivity contribution in [1.29, 1.82) is 0 Å². The van der Waals surface area contributed by atoms with E-state index in [2.05, 4.69) is 5.10 Å². The van der Waals surface area contributed by atoms with Crippen LogP contribution in [0.4, 0.5) is 5.69 Å². The van der Waals surface area contributed by atoms with Crippen LogP contribution in [0.5, 0.6) is 0 Å². The number of rotatable bonds is 4. The summed E-state index contributed by atoms with van der Waals surface area (Å²) in [6.07, 6.45) is 0.423. The molecule has 1 aliphatic rings. The Bertz CT molecular complexity index is 1020. The lowest BCUT2D eigenvalue weighted by molar-refractivity contribution is -0.385. The maximum Gasteiger partial charge on any atom is 0.284 e. The summed E-state index contributed by atoms with van der Waals surface area (Å²) in [6, 6.07) is 19.1. The molecule has 2 aromatic carbocycles. The fourth-order valence-corrected chi connectivity index (χ4v) is 3.85. The van der Waals surface area contributed by atoms with Crippen LogP contribution in [0.15, 0.2) is 77.2 Å². The Morgan fingerprint density at radius 1 is 1.07 bits per heavy atom. The number of hydrazone groups is 1. The van der Waals surface area contributed by atoms with Gasteiger partial charge in [-0.2, -0.15) is 5.10 Å². The zero-order valence-corrected chi connectivity index (χ0v) is 15.0. The number of benzene rings is 2. The van der Waals surface area contributed by atoms with E-state index in [0.29, 0.717) is 16.9 Å². The second-order valence-corrected chi connectivity index (χ2v) is 7.02. The van der Waals surface area contributed by atoms with Crippen molar-refractivity contribution in [3.8, 4) is 0 Å². The fourth-order valence-electron chi connectivity index (χ4n) is 3.19. The lowest BCUT2D eigenvalue weighted by atomic mass is 9.97. The molecular weight excluding hydrogens is 362 g/mol. The van der Waals surface area contributed by atoms with Crippen LogP contribution in [0.25, 0.3) is 0 Å². The molecule has 0 fully saturated rings. The van der Waals surface area contributed by atoms with Gasteiger partial charge >= 0.3 is 0 Å². The van der Waals surface area contributed by atoms with Gasteiger partial charge in [0.2, 0.25) is 0 Å². The third kappa shape index (κ3) is 3.24. The lowest BCUT2D eigenvalue weighted by Gasteiger charge is -2.21. The summed E-state index contributed by atoms with van der Waals surface area (Å²) in [5.41, 5.74) is 2.13. The molecule has 0 saturated carbocycles. The highest BCUT2D eigenvalue weighted by Gasteiger charge is 2.37. The van der Waals surface area contributed by atoms with Crippen molar-refractivity contribution in [1.82, 2.24) is 5.01 Å². The van der Waals surface area contributed by atoms with E-state index < -0.39 is 11.0 Å². The zero-order valence-electron chi connectivity index (χ0n) is 14.2. The number of amides is 1. The van der Waals surface area contributed by atoms with Crippen LogP contribution < -0.4 is 0 Å². The van der Waals surface area contributed by atoms with Crippen LogP contribution in [0.1, 0.15) is 33.3 Å². The molecular formula is C20H15N3O3S. The number of nitrogens with zero attached hydrogens (tertiary/aromatic N) is 3. The van der Waals surface area contributed by atoms with Gasteiger partial charge < -0.3 is 0 Å². The van der Waals surface area contributed by atoms with E-state index in [-0.39, 0.29) is 11.6 Å². The smallest absolute Gasteiger partial charge is 0.266 e. The molecule has 0 N–H and O–H groups in total. The molecule has 0 bridgehead atoms. The Balaban J connectivity index is 1.78. The van der Waals surface area contributed by atoms with Crippen molar-refractivity contribution >= 4 is 28.6 Å². The largest absolute Gasteiger partial charge is 0.284 e. The second-order valence-electron chi connectivity index (χ2n) is 6.08. The van der Waals surface area contributed by atoms with Crippen molar-refractivity contribution in [3.63, 3.8) is 0 Å². The number of hydrogen-bond acceptors (Lipinski definition) is 5. The van der Waals surface area contributed by atoms with Crippen LogP contribution >= 0.6 is 11.3 Å². The molecule has 0 radical (unpaired) electrons. The SMILES string of the molecule is O=C(c1cccs1)N1N=C(c2ccccc2)C[C@H]1c1ccccc1[N+](=O)[O-]. The normalized spacial score (nSPS) is 16.2. The average Bonchev–Trinajstić information content (AvgIpc) is 3.38. The van der Waals surface area contributed by atoms with E-state index in [1.165, 1.54) is 22.4 Å². The summed E-state index contributed by atoms with van der Waals surface area (Å²) >= 11 is 1.33. The first-order chi connectivity index (χ1) is 13.1. The second kappa shape index (κ2) is 7.13. The fraction of sp³-hybridized carbons (Fsp3) is 0.100. The lowest BCUT2D eigenvalue weighted by Crippen LogP contribution is -2.26. The first-order valence-electron chi connectivity index (χ1n) is 8.38. The van der Waals surface area contributed by atoms with Crippen molar-refractivity contribution in [3.05, 3.63) is 98.2 Å². The molecule has 0 spiro atoms. The summed E-state index contributed by atoms with van der Waals surface area (Å²) in [5, 5.41) is 19.3. The molecule has 4 rings (SSSR count). The number of nitro groups is 1. The molecule has 0 aliphatic carbocycles. The summed E-state index contributed by atoms with van der Waals surface area (Å²) < 4.78 is 0. The number of carbonyl (C=O) groups excluding carboxylic acids is 1. The minimum atomic E-state index is -0.517. The number of para-hydroxylation sites is 1. The van der Waals surface area contributed by atoms with Crippen molar-refractivity contribution in [2.45, 2.75) is 12.5 Å². The molecule has 0 unspecified atom stereocenters. The maximum absolute atomic E-state index is 13.0. The van der Waals surface area contributed by atoms with Gasteiger partial charge in [-0.05, 0) is 23.1 Å². The molecule has 6 nitrogen and oxygen atoms in total. The van der Waals surface area contributed by atoms with Gasteiger partial charge in [-0.3, -0.25) is 14.9 Å². The molecule has 1 atom stereocenters. The molecule has 0 saturated heterocycles. The quantitative estimate of drug-likeness (QED) is 0.491. The van der Waals surface area contributed by atoms with Crippen molar-refractivity contribution < 1.29 is 9.72 Å². The zero-order chi connectivity index (χ0) is 18.8. The minimum absolute atomic E-state index is 0.00371. The predicted octanol–water partition coefficient (Wildman–Crippen LogP) is 4.65. The molecule has 1 amide bonds. The molecule has 1 aromatic heterocycles. The van der Waals surface area contributed by atoms with Gasteiger partial charge in [0.25, 0.3) is 11.6 Å². The molecule has 1 aliphatic heterocycles. The summed E-state index contributed by atoms with van der Waals surface area (Å²) in [5.74, 6) is -0.251.